The molecule has 1 aliphatic rings. The van der Waals surface area contributed by atoms with Crippen LogP contribution in [-0.2, 0) is 9.53 Å². The molecule has 0 aromatic heterocycles. The Kier molecular flexibility index (Phi) is 3.29. The minimum Gasteiger partial charge on any atom is -0.460 e. The first-order valence-electron chi connectivity index (χ1n) is 4.31. The van der Waals surface area contributed by atoms with Crippen molar-refractivity contribution in [1.82, 2.24) is 5.32 Å². The minimum absolute atomic E-state index is 0.0275. The SMILES string of the molecule is CC(C)OC(=O)C1=CCCNC1. The van der Waals surface area contributed by atoms with Gasteiger partial charge < -0.3 is 10.1 Å². The Morgan fingerprint density at radius 1 is 1.67 bits per heavy atom. The predicted molar refractivity (Wildman–Crippen MR) is 46.8 cm³/mol. The summed E-state index contributed by atoms with van der Waals surface area (Å²) in [4.78, 5) is 11.3. The number of hydrogen-bond donors (Lipinski definition) is 1. The summed E-state index contributed by atoms with van der Waals surface area (Å²) in [6, 6.07) is 0. The van der Waals surface area contributed by atoms with Crippen LogP contribution in [0.4, 0.5) is 0 Å². The van der Waals surface area contributed by atoms with E-state index in [4.69, 9.17) is 4.74 Å². The summed E-state index contributed by atoms with van der Waals surface area (Å²) in [7, 11) is 0. The second-order valence-electron chi connectivity index (χ2n) is 3.15. The number of rotatable bonds is 2. The van der Waals surface area contributed by atoms with Crippen molar-refractivity contribution >= 4 is 5.97 Å². The van der Waals surface area contributed by atoms with Gasteiger partial charge in [-0.05, 0) is 26.8 Å². The minimum atomic E-state index is -0.183. The first-order chi connectivity index (χ1) is 5.70. The van der Waals surface area contributed by atoms with Crippen LogP contribution in [0.3, 0.4) is 0 Å². The van der Waals surface area contributed by atoms with Crippen LogP contribution in [0.2, 0.25) is 0 Å². The van der Waals surface area contributed by atoms with Gasteiger partial charge in [-0.3, -0.25) is 0 Å². The van der Waals surface area contributed by atoms with Gasteiger partial charge in [-0.25, -0.2) is 4.79 Å². The molecule has 0 aliphatic carbocycles. The number of hydrogen-bond acceptors (Lipinski definition) is 3. The first-order valence-corrected chi connectivity index (χ1v) is 4.31. The van der Waals surface area contributed by atoms with Gasteiger partial charge in [0.2, 0.25) is 0 Å². The van der Waals surface area contributed by atoms with Crippen molar-refractivity contribution in [2.45, 2.75) is 26.4 Å². The van der Waals surface area contributed by atoms with Gasteiger partial charge in [0, 0.05) is 12.1 Å². The molecule has 68 valence electrons. The third-order valence-electron chi connectivity index (χ3n) is 1.63. The zero-order valence-corrected chi connectivity index (χ0v) is 7.59. The standard InChI is InChI=1S/C9H15NO2/c1-7(2)12-9(11)8-4-3-5-10-6-8/h4,7,10H,3,5-6H2,1-2H3. The highest BCUT2D eigenvalue weighted by atomic mass is 16.5. The summed E-state index contributed by atoms with van der Waals surface area (Å²) in [6.07, 6.45) is 2.84. The number of esters is 1. The molecule has 0 aromatic rings. The average Bonchev–Trinajstić information content (AvgIpc) is 2.05. The van der Waals surface area contributed by atoms with Crippen LogP contribution in [-0.4, -0.2) is 25.2 Å². The van der Waals surface area contributed by atoms with E-state index in [-0.39, 0.29) is 12.1 Å². The Morgan fingerprint density at radius 3 is 2.92 bits per heavy atom. The molecule has 0 fully saturated rings. The van der Waals surface area contributed by atoms with E-state index in [1.165, 1.54) is 0 Å². The Bertz CT molecular complexity index is 197. The smallest absolute Gasteiger partial charge is 0.335 e. The van der Waals surface area contributed by atoms with Crippen molar-refractivity contribution in [3.8, 4) is 0 Å². The second kappa shape index (κ2) is 4.26. The third kappa shape index (κ3) is 2.66. The van der Waals surface area contributed by atoms with Crippen LogP contribution >= 0.6 is 0 Å². The van der Waals surface area contributed by atoms with Crippen molar-refractivity contribution in [3.63, 3.8) is 0 Å². The molecule has 0 atom stereocenters. The number of carbonyl (C=O) groups excluding carboxylic acids is 1. The molecule has 0 unspecified atom stereocenters. The van der Waals surface area contributed by atoms with E-state index in [1.54, 1.807) is 0 Å². The van der Waals surface area contributed by atoms with Crippen molar-refractivity contribution in [1.29, 1.82) is 0 Å². The van der Waals surface area contributed by atoms with E-state index in [0.717, 1.165) is 18.5 Å². The zero-order chi connectivity index (χ0) is 8.97. The molecule has 0 amide bonds. The Morgan fingerprint density at radius 2 is 2.42 bits per heavy atom. The van der Waals surface area contributed by atoms with Gasteiger partial charge in [0.1, 0.15) is 0 Å². The average molecular weight is 169 g/mol. The summed E-state index contributed by atoms with van der Waals surface area (Å²) in [6.45, 7) is 5.31. The Labute approximate surface area is 72.8 Å². The van der Waals surface area contributed by atoms with Gasteiger partial charge in [-0.15, -0.1) is 0 Å². The molecule has 1 rings (SSSR count). The van der Waals surface area contributed by atoms with Crippen molar-refractivity contribution in [3.05, 3.63) is 11.6 Å². The summed E-state index contributed by atoms with van der Waals surface area (Å²) < 4.78 is 5.04. The maximum atomic E-state index is 11.3. The summed E-state index contributed by atoms with van der Waals surface area (Å²) >= 11 is 0. The van der Waals surface area contributed by atoms with E-state index in [1.807, 2.05) is 19.9 Å². The van der Waals surface area contributed by atoms with Crippen LogP contribution in [0.5, 0.6) is 0 Å². The largest absolute Gasteiger partial charge is 0.460 e. The topological polar surface area (TPSA) is 38.3 Å². The third-order valence-corrected chi connectivity index (χ3v) is 1.63. The highest BCUT2D eigenvalue weighted by Gasteiger charge is 2.13. The predicted octanol–water partition coefficient (Wildman–Crippen LogP) is 0.858. The summed E-state index contributed by atoms with van der Waals surface area (Å²) in [5.41, 5.74) is 0.759. The number of nitrogens with one attached hydrogen (secondary N) is 1. The van der Waals surface area contributed by atoms with Crippen LogP contribution in [0, 0.1) is 0 Å². The van der Waals surface area contributed by atoms with Crippen molar-refractivity contribution in [2.24, 2.45) is 0 Å². The molecule has 0 radical (unpaired) electrons. The molecule has 1 heterocycles. The van der Waals surface area contributed by atoms with Gasteiger partial charge in [0.05, 0.1) is 6.10 Å². The molecule has 1 aliphatic heterocycles. The molecule has 0 saturated heterocycles. The van der Waals surface area contributed by atoms with Crippen LogP contribution in [0.25, 0.3) is 0 Å². The lowest BCUT2D eigenvalue weighted by atomic mass is 10.1. The fourth-order valence-corrected chi connectivity index (χ4v) is 1.09. The molecule has 0 aromatic carbocycles. The van der Waals surface area contributed by atoms with Crippen molar-refractivity contribution in [2.75, 3.05) is 13.1 Å². The van der Waals surface area contributed by atoms with Crippen LogP contribution in [0.15, 0.2) is 11.6 Å². The summed E-state index contributed by atoms with van der Waals surface area (Å²) in [5, 5.41) is 3.12. The van der Waals surface area contributed by atoms with E-state index in [2.05, 4.69) is 5.32 Å². The molecule has 1 N–H and O–H groups in total. The van der Waals surface area contributed by atoms with Crippen LogP contribution < -0.4 is 5.32 Å². The lowest BCUT2D eigenvalue weighted by molar-refractivity contribution is -0.142. The van der Waals surface area contributed by atoms with Gasteiger partial charge in [0.15, 0.2) is 0 Å². The number of ether oxygens (including phenoxy) is 1. The molecule has 12 heavy (non-hydrogen) atoms. The summed E-state index contributed by atoms with van der Waals surface area (Å²) in [5.74, 6) is -0.183. The second-order valence-corrected chi connectivity index (χ2v) is 3.15. The lowest BCUT2D eigenvalue weighted by Crippen LogP contribution is -2.27. The fraction of sp³-hybridized carbons (Fsp3) is 0.667. The fourth-order valence-electron chi connectivity index (χ4n) is 1.09. The molecular weight excluding hydrogens is 154 g/mol. The van der Waals surface area contributed by atoms with Crippen LogP contribution in [0.1, 0.15) is 20.3 Å². The number of carbonyl (C=O) groups is 1. The lowest BCUT2D eigenvalue weighted by Gasteiger charge is -2.14. The van der Waals surface area contributed by atoms with Gasteiger partial charge >= 0.3 is 5.97 Å². The highest BCUT2D eigenvalue weighted by molar-refractivity contribution is 5.89. The maximum Gasteiger partial charge on any atom is 0.335 e. The first kappa shape index (κ1) is 9.26. The van der Waals surface area contributed by atoms with Gasteiger partial charge in [0.25, 0.3) is 0 Å². The molecule has 3 nitrogen and oxygen atoms in total. The van der Waals surface area contributed by atoms with Crippen molar-refractivity contribution < 1.29 is 9.53 Å². The monoisotopic (exact) mass is 169 g/mol. The highest BCUT2D eigenvalue weighted by Crippen LogP contribution is 2.04. The zero-order valence-electron chi connectivity index (χ0n) is 7.59. The Hall–Kier alpha value is -0.830. The van der Waals surface area contributed by atoms with Gasteiger partial charge in [-0.1, -0.05) is 6.08 Å². The van der Waals surface area contributed by atoms with E-state index < -0.39 is 0 Å². The molecule has 3 heteroatoms. The van der Waals surface area contributed by atoms with E-state index in [9.17, 15) is 4.79 Å². The molecule has 0 bridgehead atoms. The Balaban J connectivity index is 2.45. The van der Waals surface area contributed by atoms with E-state index in [0.29, 0.717) is 6.54 Å². The molecular formula is C9H15NO2. The molecule has 0 saturated carbocycles. The quantitative estimate of drug-likeness (QED) is 0.623. The molecule has 0 spiro atoms. The van der Waals surface area contributed by atoms with E-state index >= 15 is 0 Å². The maximum absolute atomic E-state index is 11.3. The normalized spacial score (nSPS) is 17.4. The van der Waals surface area contributed by atoms with Gasteiger partial charge in [-0.2, -0.15) is 0 Å².